The second kappa shape index (κ2) is 18.3. The Morgan fingerprint density at radius 3 is 1.98 bits per heavy atom. The molecule has 0 aliphatic heterocycles. The number of alkyl carbamates (subject to hydrolysis) is 1. The van der Waals surface area contributed by atoms with Crippen LogP contribution >= 0.6 is 0 Å². The monoisotopic (exact) mass is 768 g/mol. The lowest BCUT2D eigenvalue weighted by atomic mass is 9.62. The first kappa shape index (κ1) is 45.1. The molecule has 2 N–H and O–H groups in total. The van der Waals surface area contributed by atoms with Crippen LogP contribution in [0.25, 0.3) is 0 Å². The van der Waals surface area contributed by atoms with E-state index in [1.165, 1.54) is 0 Å². The first-order valence-electron chi connectivity index (χ1n) is 18.6. The van der Waals surface area contributed by atoms with E-state index >= 15 is 0 Å². The van der Waals surface area contributed by atoms with Gasteiger partial charge in [0.25, 0.3) is 6.26 Å². The summed E-state index contributed by atoms with van der Waals surface area (Å²) in [7, 11) is -6.99. The van der Waals surface area contributed by atoms with Crippen molar-refractivity contribution in [3.8, 4) is 6.26 Å². The van der Waals surface area contributed by atoms with Crippen molar-refractivity contribution in [1.29, 1.82) is 5.26 Å². The predicted molar refractivity (Wildman–Crippen MR) is 206 cm³/mol. The number of hydrogen-bond donors (Lipinski definition) is 2. The van der Waals surface area contributed by atoms with E-state index in [0.29, 0.717) is 32.4 Å². The molecule has 12 nitrogen and oxygen atoms in total. The molecule has 0 heterocycles. The van der Waals surface area contributed by atoms with Crippen LogP contribution in [0, 0.1) is 33.2 Å². The third-order valence-electron chi connectivity index (χ3n) is 9.74. The van der Waals surface area contributed by atoms with Crippen LogP contribution in [0.4, 0.5) is 4.79 Å². The second-order valence-electron chi connectivity index (χ2n) is 19.2. The summed E-state index contributed by atoms with van der Waals surface area (Å²) in [6, 6.07) is 1.23. The van der Waals surface area contributed by atoms with E-state index in [-0.39, 0.29) is 46.3 Å². The molecule has 51 heavy (non-hydrogen) atoms. The molecule has 2 saturated carbocycles. The summed E-state index contributed by atoms with van der Waals surface area (Å²) in [6.45, 7) is 27.5. The highest BCUT2D eigenvalue weighted by Gasteiger charge is 2.45. The van der Waals surface area contributed by atoms with Crippen LogP contribution in [0.5, 0.6) is 0 Å². The van der Waals surface area contributed by atoms with Gasteiger partial charge in [-0.1, -0.05) is 41.5 Å². The minimum absolute atomic E-state index is 0.0123. The van der Waals surface area contributed by atoms with E-state index in [9.17, 15) is 14.4 Å². The minimum atomic E-state index is -2.52. The van der Waals surface area contributed by atoms with E-state index in [4.69, 9.17) is 27.7 Å². The fourth-order valence-electron chi connectivity index (χ4n) is 9.34. The van der Waals surface area contributed by atoms with Gasteiger partial charge in [0.2, 0.25) is 12.0 Å². The van der Waals surface area contributed by atoms with Crippen molar-refractivity contribution < 1.29 is 36.8 Å². The van der Waals surface area contributed by atoms with Gasteiger partial charge in [-0.05, 0) is 107 Å². The maximum atomic E-state index is 13.3. The summed E-state index contributed by atoms with van der Waals surface area (Å²) in [6.07, 6.45) is 8.91. The van der Waals surface area contributed by atoms with E-state index in [0.717, 1.165) is 51.0 Å². The number of nitrogens with one attached hydrogen (secondary N) is 2. The zero-order valence-electron chi connectivity index (χ0n) is 33.7. The number of carbonyl (C=O) groups is 2. The number of nitriles is 1. The van der Waals surface area contributed by atoms with Gasteiger partial charge < -0.3 is 33.1 Å². The Morgan fingerprint density at radius 2 is 1.37 bits per heavy atom. The maximum Gasteiger partial charge on any atom is 0.407 e. The fraction of sp³-hybridized carbons (Fsp3) is 0.889. The predicted octanol–water partition coefficient (Wildman–Crippen LogP) is 7.38. The summed E-state index contributed by atoms with van der Waals surface area (Å²) in [4.78, 5) is 40.3. The molecule has 0 radical (unpaired) electrons. The Balaban J connectivity index is 1.72. The molecule has 4 unspecified atom stereocenters. The zero-order valence-corrected chi connectivity index (χ0v) is 36.7. The highest BCUT2D eigenvalue weighted by atomic mass is 28.5. The molecule has 4 atom stereocenters. The number of carbonyl (C=O) groups excluding carboxylic acids is 3. The fourth-order valence-corrected chi connectivity index (χ4v) is 23.1. The van der Waals surface area contributed by atoms with Gasteiger partial charge in [-0.25, -0.2) is 14.6 Å². The van der Waals surface area contributed by atoms with Crippen molar-refractivity contribution in [2.24, 2.45) is 26.7 Å². The lowest BCUT2D eigenvalue weighted by Gasteiger charge is -2.46. The van der Waals surface area contributed by atoms with E-state index < -0.39 is 31.3 Å². The molecule has 2 aliphatic carbocycles. The van der Waals surface area contributed by atoms with Gasteiger partial charge in [-0.15, -0.1) is 0 Å². The third-order valence-corrected chi connectivity index (χ3v) is 20.8. The molecule has 0 saturated heterocycles. The molecular weight excluding hydrogens is 701 g/mol. The molecule has 0 aromatic carbocycles. The largest absolute Gasteiger partial charge is 0.447 e. The van der Waals surface area contributed by atoms with Gasteiger partial charge in [-0.2, -0.15) is 5.26 Å². The van der Waals surface area contributed by atoms with Crippen LogP contribution in [0.15, 0.2) is 4.99 Å². The smallest absolute Gasteiger partial charge is 0.407 e. The van der Waals surface area contributed by atoms with E-state index in [1.807, 2.05) is 0 Å². The van der Waals surface area contributed by atoms with Gasteiger partial charge in [0, 0.05) is 30.1 Å². The van der Waals surface area contributed by atoms with Gasteiger partial charge in [0.15, 0.2) is 16.6 Å². The summed E-state index contributed by atoms with van der Waals surface area (Å²) >= 11 is 0. The second-order valence-corrected chi connectivity index (χ2v) is 31.5. The molecular formula is C36H68N4O8Si3. The van der Waals surface area contributed by atoms with Crippen LogP contribution in [-0.4, -0.2) is 88.3 Å². The zero-order chi connectivity index (χ0) is 38.8. The molecule has 15 heteroatoms. The first-order chi connectivity index (χ1) is 23.3. The van der Waals surface area contributed by atoms with E-state index in [1.54, 1.807) is 12.3 Å². The third kappa shape index (κ3) is 17.5. The highest BCUT2D eigenvalue weighted by molar-refractivity contribution is 6.88. The van der Waals surface area contributed by atoms with Crippen molar-refractivity contribution >= 4 is 43.3 Å². The molecule has 2 rings (SSSR count). The van der Waals surface area contributed by atoms with Crippen LogP contribution in [-0.2, 0) is 32.0 Å². The number of amides is 2. The molecule has 2 aliphatic rings. The number of ether oxygens (including phenoxy) is 3. The number of isocyanates is 1. The average Bonchev–Trinajstić information content (AvgIpc) is 2.90. The Bertz CT molecular complexity index is 1270. The molecule has 0 aromatic heterocycles. The normalized spacial score (nSPS) is 26.3. The van der Waals surface area contributed by atoms with Crippen molar-refractivity contribution in [3.05, 3.63) is 0 Å². The SMILES string of the molecule is CC1(C)CC(NC(=O)C[Si](C)(C)O[Si](C)(C)O[Si](C)(C)CCCOCCOC(=O)NC2CC(C)(C)CC(C)(CN=C=O)C2)CC(C)(COC#N)C1. The highest BCUT2D eigenvalue weighted by Crippen LogP contribution is 2.47. The Kier molecular flexibility index (Phi) is 16.2. The van der Waals surface area contributed by atoms with Crippen LogP contribution in [0.2, 0.25) is 51.4 Å². The first-order valence-corrected chi connectivity index (χ1v) is 27.6. The summed E-state index contributed by atoms with van der Waals surface area (Å²) in [5, 5.41) is 15.2. The minimum Gasteiger partial charge on any atom is -0.447 e. The molecule has 292 valence electrons. The van der Waals surface area contributed by atoms with Crippen LogP contribution < -0.4 is 10.6 Å². The molecule has 2 fully saturated rings. The molecule has 2 amide bonds. The standard InChI is InChI=1S/C36H68N4O8Si3/c1-33(2)19-30(20-35(5,23-33)25-38-28-41)40-32(43)46-16-15-44-14-13-17-49(7,8)47-51(11,12)48-50(9,10)22-31(42)39-29-18-34(3,4)24-36(6,21-29)26-45-27-37/h29-30H,13-26H2,1-12H3,(H,39,42)(H,40,43). The van der Waals surface area contributed by atoms with Crippen LogP contribution in [0.3, 0.4) is 0 Å². The van der Waals surface area contributed by atoms with Gasteiger partial charge >= 0.3 is 14.7 Å². The maximum absolute atomic E-state index is 13.3. The number of nitrogens with zero attached hydrogens (tertiary/aromatic N) is 2. The Morgan fingerprint density at radius 1 is 0.804 bits per heavy atom. The number of hydrogen-bond acceptors (Lipinski definition) is 10. The van der Waals surface area contributed by atoms with Crippen molar-refractivity contribution in [2.45, 2.75) is 150 Å². The molecule has 0 spiro atoms. The van der Waals surface area contributed by atoms with Gasteiger partial charge in [0.05, 0.1) is 13.2 Å². The average molecular weight is 769 g/mol. The topological polar surface area (TPSA) is 158 Å². The van der Waals surface area contributed by atoms with E-state index in [2.05, 4.69) is 96.5 Å². The lowest BCUT2D eigenvalue weighted by Crippen LogP contribution is -2.54. The Labute approximate surface area is 311 Å². The molecule has 0 aromatic rings. The lowest BCUT2D eigenvalue weighted by molar-refractivity contribution is -0.121. The molecule has 0 bridgehead atoms. The summed E-state index contributed by atoms with van der Waals surface area (Å²) < 4.78 is 29.7. The quantitative estimate of drug-likeness (QED) is 0.0450. The van der Waals surface area contributed by atoms with Crippen LogP contribution in [0.1, 0.15) is 86.5 Å². The Hall–Kier alpha value is -2.06. The number of aliphatic imine (C=N–C) groups is 1. The van der Waals surface area contributed by atoms with Gasteiger partial charge in [0.1, 0.15) is 13.2 Å². The van der Waals surface area contributed by atoms with Crippen molar-refractivity contribution in [1.82, 2.24) is 10.6 Å². The van der Waals surface area contributed by atoms with Crippen molar-refractivity contribution in [2.75, 3.05) is 33.0 Å². The van der Waals surface area contributed by atoms with Gasteiger partial charge in [-0.3, -0.25) is 4.79 Å². The summed E-state index contributed by atoms with van der Waals surface area (Å²) in [5.41, 5.74) is -0.294. The number of rotatable bonds is 19. The summed E-state index contributed by atoms with van der Waals surface area (Å²) in [5.74, 6) is 0.0139. The van der Waals surface area contributed by atoms with Crippen molar-refractivity contribution in [3.63, 3.8) is 0 Å².